The first kappa shape index (κ1) is 22.0. The number of amides is 1. The normalized spacial score (nSPS) is 17.3. The number of rotatable bonds is 6. The van der Waals surface area contributed by atoms with Crippen LogP contribution < -0.4 is 9.47 Å². The number of likely N-dealkylation sites (tertiary alicyclic amines) is 1. The molecule has 1 N–H and O–H groups in total. The second-order valence-corrected chi connectivity index (χ2v) is 7.41. The van der Waals surface area contributed by atoms with E-state index in [0.29, 0.717) is 22.6 Å². The van der Waals surface area contributed by atoms with Crippen molar-refractivity contribution in [1.82, 2.24) is 9.88 Å². The van der Waals surface area contributed by atoms with E-state index in [0.717, 1.165) is 0 Å². The highest BCUT2D eigenvalue weighted by molar-refractivity contribution is 6.46. The van der Waals surface area contributed by atoms with Gasteiger partial charge in [-0.15, -0.1) is 0 Å². The SMILES string of the molecule is COc1ccc(C(O)=C2C(=O)C(=O)N(Cc3cccnc3)[C@H]2c2ccc(F)cc2)cc1OC. The number of methoxy groups -OCH3 is 2. The predicted octanol–water partition coefficient (Wildman–Crippen LogP) is 3.86. The lowest BCUT2D eigenvalue weighted by atomic mass is 9.95. The van der Waals surface area contributed by atoms with E-state index in [-0.39, 0.29) is 23.4 Å². The van der Waals surface area contributed by atoms with Gasteiger partial charge in [-0.3, -0.25) is 14.6 Å². The van der Waals surface area contributed by atoms with Crippen LogP contribution in [-0.2, 0) is 16.1 Å². The van der Waals surface area contributed by atoms with E-state index in [2.05, 4.69) is 4.98 Å². The number of aliphatic hydroxyl groups excluding tert-OH is 1. The van der Waals surface area contributed by atoms with Crippen molar-refractivity contribution in [2.75, 3.05) is 14.2 Å². The quantitative estimate of drug-likeness (QED) is 0.350. The van der Waals surface area contributed by atoms with Crippen LogP contribution in [0.15, 0.2) is 72.6 Å². The van der Waals surface area contributed by atoms with Gasteiger partial charge in [-0.05, 0) is 47.5 Å². The molecule has 3 aromatic rings. The Morgan fingerprint density at radius 1 is 1.06 bits per heavy atom. The van der Waals surface area contributed by atoms with Gasteiger partial charge in [-0.1, -0.05) is 18.2 Å². The van der Waals surface area contributed by atoms with Gasteiger partial charge in [0.2, 0.25) is 0 Å². The Balaban J connectivity index is 1.86. The van der Waals surface area contributed by atoms with E-state index in [1.165, 1.54) is 49.5 Å². The third-order valence-electron chi connectivity index (χ3n) is 5.46. The monoisotopic (exact) mass is 448 g/mol. The first-order valence-electron chi connectivity index (χ1n) is 10.1. The van der Waals surface area contributed by atoms with Crippen LogP contribution in [0.2, 0.25) is 0 Å². The van der Waals surface area contributed by atoms with Crippen LogP contribution in [0.3, 0.4) is 0 Å². The summed E-state index contributed by atoms with van der Waals surface area (Å²) in [7, 11) is 2.93. The molecule has 1 aromatic heterocycles. The maximum Gasteiger partial charge on any atom is 0.295 e. The Morgan fingerprint density at radius 3 is 2.42 bits per heavy atom. The van der Waals surface area contributed by atoms with Crippen molar-refractivity contribution in [3.8, 4) is 11.5 Å². The van der Waals surface area contributed by atoms with Crippen LogP contribution in [-0.4, -0.2) is 40.9 Å². The molecule has 2 heterocycles. The molecule has 4 rings (SSSR count). The second-order valence-electron chi connectivity index (χ2n) is 7.41. The van der Waals surface area contributed by atoms with Gasteiger partial charge in [0.05, 0.1) is 25.8 Å². The zero-order valence-corrected chi connectivity index (χ0v) is 18.0. The van der Waals surface area contributed by atoms with Crippen LogP contribution >= 0.6 is 0 Å². The smallest absolute Gasteiger partial charge is 0.295 e. The summed E-state index contributed by atoms with van der Waals surface area (Å²) in [5.74, 6) is -1.62. The molecular formula is C25H21FN2O5. The van der Waals surface area contributed by atoms with Gasteiger partial charge in [-0.2, -0.15) is 0 Å². The fourth-order valence-corrected chi connectivity index (χ4v) is 3.86. The molecule has 7 nitrogen and oxygen atoms in total. The molecule has 0 saturated carbocycles. The van der Waals surface area contributed by atoms with Crippen molar-refractivity contribution in [1.29, 1.82) is 0 Å². The van der Waals surface area contributed by atoms with Crippen molar-refractivity contribution in [3.63, 3.8) is 0 Å². The Bertz CT molecular complexity index is 1230. The fourth-order valence-electron chi connectivity index (χ4n) is 3.86. The number of carbonyl (C=O) groups excluding carboxylic acids is 2. The summed E-state index contributed by atoms with van der Waals surface area (Å²) in [4.78, 5) is 31.5. The van der Waals surface area contributed by atoms with Gasteiger partial charge >= 0.3 is 0 Å². The molecule has 1 amide bonds. The minimum atomic E-state index is -0.918. The van der Waals surface area contributed by atoms with Crippen molar-refractivity contribution in [3.05, 3.63) is 95.1 Å². The molecule has 0 spiro atoms. The zero-order chi connectivity index (χ0) is 23.5. The van der Waals surface area contributed by atoms with Crippen LogP contribution in [0, 0.1) is 5.82 Å². The molecule has 168 valence electrons. The summed E-state index contributed by atoms with van der Waals surface area (Å²) in [5, 5.41) is 11.2. The average Bonchev–Trinajstić information content (AvgIpc) is 3.09. The van der Waals surface area contributed by atoms with Crippen LogP contribution in [0.1, 0.15) is 22.7 Å². The number of benzene rings is 2. The molecule has 0 unspecified atom stereocenters. The molecule has 2 aromatic carbocycles. The summed E-state index contributed by atoms with van der Waals surface area (Å²) >= 11 is 0. The number of nitrogens with zero attached hydrogens (tertiary/aromatic N) is 2. The number of pyridine rings is 1. The van der Waals surface area contributed by atoms with Gasteiger partial charge in [0.15, 0.2) is 11.5 Å². The molecule has 1 saturated heterocycles. The summed E-state index contributed by atoms with van der Waals surface area (Å²) < 4.78 is 24.1. The van der Waals surface area contributed by atoms with Gasteiger partial charge in [0.25, 0.3) is 11.7 Å². The van der Waals surface area contributed by atoms with Gasteiger partial charge < -0.3 is 19.5 Å². The summed E-state index contributed by atoms with van der Waals surface area (Å²) in [6.07, 6.45) is 3.20. The highest BCUT2D eigenvalue weighted by atomic mass is 19.1. The lowest BCUT2D eigenvalue weighted by Crippen LogP contribution is -2.29. The minimum Gasteiger partial charge on any atom is -0.507 e. The zero-order valence-electron chi connectivity index (χ0n) is 18.0. The molecule has 8 heteroatoms. The second kappa shape index (κ2) is 9.12. The van der Waals surface area contributed by atoms with E-state index in [9.17, 15) is 19.1 Å². The summed E-state index contributed by atoms with van der Waals surface area (Å²) in [5.41, 5.74) is 1.38. The Morgan fingerprint density at radius 2 is 1.79 bits per heavy atom. The first-order chi connectivity index (χ1) is 15.9. The highest BCUT2D eigenvalue weighted by Gasteiger charge is 2.46. The van der Waals surface area contributed by atoms with Crippen LogP contribution in [0.4, 0.5) is 4.39 Å². The molecule has 1 aliphatic heterocycles. The maximum absolute atomic E-state index is 13.6. The molecule has 33 heavy (non-hydrogen) atoms. The number of hydrogen-bond acceptors (Lipinski definition) is 6. The van der Waals surface area contributed by atoms with Crippen LogP contribution in [0.5, 0.6) is 11.5 Å². The lowest BCUT2D eigenvalue weighted by molar-refractivity contribution is -0.140. The Labute approximate surface area is 189 Å². The third-order valence-corrected chi connectivity index (χ3v) is 5.46. The fraction of sp³-hybridized carbons (Fsp3) is 0.160. The molecule has 1 aliphatic rings. The van der Waals surface area contributed by atoms with Gasteiger partial charge in [0.1, 0.15) is 11.6 Å². The number of ether oxygens (including phenoxy) is 2. The van der Waals surface area contributed by atoms with E-state index < -0.39 is 23.5 Å². The molecule has 1 atom stereocenters. The van der Waals surface area contributed by atoms with E-state index in [1.54, 1.807) is 36.7 Å². The number of ketones is 1. The third kappa shape index (κ3) is 4.15. The number of Topliss-reactive ketones (excluding diaryl/α,β-unsaturated/α-hetero) is 1. The van der Waals surface area contributed by atoms with Crippen molar-refractivity contribution in [2.45, 2.75) is 12.6 Å². The van der Waals surface area contributed by atoms with E-state index in [4.69, 9.17) is 9.47 Å². The Kier molecular flexibility index (Phi) is 6.08. The maximum atomic E-state index is 13.6. The predicted molar refractivity (Wildman–Crippen MR) is 118 cm³/mol. The summed E-state index contributed by atoms with van der Waals surface area (Å²) in [6.45, 7) is 0.0865. The lowest BCUT2D eigenvalue weighted by Gasteiger charge is -2.25. The number of carbonyl (C=O) groups is 2. The van der Waals surface area contributed by atoms with Crippen molar-refractivity contribution < 1.29 is 28.6 Å². The molecule has 0 aliphatic carbocycles. The number of aliphatic hydroxyl groups is 1. The van der Waals surface area contributed by atoms with Crippen LogP contribution in [0.25, 0.3) is 5.76 Å². The van der Waals surface area contributed by atoms with Gasteiger partial charge in [-0.25, -0.2) is 4.39 Å². The Hall–Kier alpha value is -4.20. The molecular weight excluding hydrogens is 427 g/mol. The number of halogens is 1. The van der Waals surface area contributed by atoms with E-state index >= 15 is 0 Å². The average molecular weight is 448 g/mol. The van der Waals surface area contributed by atoms with Crippen molar-refractivity contribution >= 4 is 17.4 Å². The molecule has 0 bridgehead atoms. The standard InChI is InChI=1S/C25H21FN2O5/c1-32-19-10-7-17(12-20(19)33-2)23(29)21-22(16-5-8-18(26)9-6-16)28(25(31)24(21)30)14-15-4-3-11-27-13-15/h3-13,22,29H,14H2,1-2H3/t22-/m0/s1. The highest BCUT2D eigenvalue weighted by Crippen LogP contribution is 2.41. The number of hydrogen-bond donors (Lipinski definition) is 1. The largest absolute Gasteiger partial charge is 0.507 e. The molecule has 0 radical (unpaired) electrons. The number of aromatic nitrogens is 1. The summed E-state index contributed by atoms with van der Waals surface area (Å²) in [6, 6.07) is 12.7. The minimum absolute atomic E-state index is 0.0865. The van der Waals surface area contributed by atoms with Gasteiger partial charge in [0, 0.05) is 24.5 Å². The molecule has 1 fully saturated rings. The topological polar surface area (TPSA) is 89.0 Å². The first-order valence-corrected chi connectivity index (χ1v) is 10.1. The van der Waals surface area contributed by atoms with E-state index in [1.807, 2.05) is 0 Å². The van der Waals surface area contributed by atoms with Crippen molar-refractivity contribution in [2.24, 2.45) is 0 Å².